The van der Waals surface area contributed by atoms with Crippen LogP contribution < -0.4 is 0 Å². The Morgan fingerprint density at radius 1 is 1.33 bits per heavy atom. The van der Waals surface area contributed by atoms with Crippen LogP contribution in [0.4, 0.5) is 0 Å². The summed E-state index contributed by atoms with van der Waals surface area (Å²) in [5, 5.41) is 0. The molecule has 6 atom stereocenters. The van der Waals surface area contributed by atoms with Gasteiger partial charge in [0.05, 0.1) is 11.8 Å². The van der Waals surface area contributed by atoms with Crippen molar-refractivity contribution in [1.82, 2.24) is 0 Å². The van der Waals surface area contributed by atoms with Gasteiger partial charge in [-0.3, -0.25) is 9.59 Å². The average Bonchev–Trinajstić information content (AvgIpc) is 2.86. The van der Waals surface area contributed by atoms with E-state index in [-0.39, 0.29) is 35.4 Å². The Hall–Kier alpha value is -1.65. The van der Waals surface area contributed by atoms with Crippen LogP contribution in [0.2, 0.25) is 0 Å². The number of carbonyl (C=O) groups excluding carboxylic acids is 3. The lowest BCUT2D eigenvalue weighted by Gasteiger charge is -2.26. The van der Waals surface area contributed by atoms with Crippen LogP contribution in [0.1, 0.15) is 33.1 Å². The molecule has 1 saturated heterocycles. The van der Waals surface area contributed by atoms with Crippen LogP contribution in [-0.4, -0.2) is 29.9 Å². The van der Waals surface area contributed by atoms with Crippen molar-refractivity contribution in [2.75, 3.05) is 0 Å². The summed E-state index contributed by atoms with van der Waals surface area (Å²) in [7, 11) is 0. The normalized spacial score (nSPS) is 42.1. The third-order valence-corrected chi connectivity index (χ3v) is 5.23. The van der Waals surface area contributed by atoms with Crippen molar-refractivity contribution >= 4 is 17.7 Å². The summed E-state index contributed by atoms with van der Waals surface area (Å²) in [6.07, 6.45) is 1.07. The molecule has 0 spiro atoms. The Labute approximate surface area is 123 Å². The van der Waals surface area contributed by atoms with Gasteiger partial charge in [-0.1, -0.05) is 13.5 Å². The van der Waals surface area contributed by atoms with Crippen LogP contribution in [0.25, 0.3) is 0 Å². The summed E-state index contributed by atoms with van der Waals surface area (Å²) < 4.78 is 10.9. The van der Waals surface area contributed by atoms with Crippen molar-refractivity contribution in [2.45, 2.75) is 45.3 Å². The first kappa shape index (κ1) is 14.3. The first-order chi connectivity index (χ1) is 9.90. The van der Waals surface area contributed by atoms with Gasteiger partial charge in [-0.25, -0.2) is 4.79 Å². The SMILES string of the molecule is C=C1C(=O)O[C@@H]2[C@@H]3C(=O)CC[C@H]3[C@@H](C)C[C@H](OC(C)=O)[C@@H]12. The topological polar surface area (TPSA) is 69.7 Å². The molecule has 114 valence electrons. The molecule has 1 aliphatic heterocycles. The highest BCUT2D eigenvalue weighted by Gasteiger charge is 2.57. The van der Waals surface area contributed by atoms with Crippen LogP contribution in [0.5, 0.6) is 0 Å². The molecular formula is C16H20O5. The Morgan fingerprint density at radius 3 is 2.71 bits per heavy atom. The number of carbonyl (C=O) groups is 3. The van der Waals surface area contributed by atoms with Crippen LogP contribution in [0.15, 0.2) is 12.2 Å². The van der Waals surface area contributed by atoms with E-state index in [4.69, 9.17) is 9.47 Å². The minimum absolute atomic E-state index is 0.160. The second kappa shape index (κ2) is 4.97. The molecule has 21 heavy (non-hydrogen) atoms. The molecule has 3 rings (SSSR count). The zero-order valence-corrected chi connectivity index (χ0v) is 12.3. The van der Waals surface area contributed by atoms with Crippen molar-refractivity contribution in [3.8, 4) is 0 Å². The molecule has 3 aliphatic rings. The van der Waals surface area contributed by atoms with Crippen molar-refractivity contribution in [1.29, 1.82) is 0 Å². The van der Waals surface area contributed by atoms with E-state index in [1.807, 2.05) is 0 Å². The maximum atomic E-state index is 12.3. The maximum Gasteiger partial charge on any atom is 0.334 e. The summed E-state index contributed by atoms with van der Waals surface area (Å²) in [5.41, 5.74) is 0.332. The monoisotopic (exact) mass is 292 g/mol. The molecule has 0 unspecified atom stereocenters. The Morgan fingerprint density at radius 2 is 2.05 bits per heavy atom. The quantitative estimate of drug-likeness (QED) is 0.543. The van der Waals surface area contributed by atoms with Crippen LogP contribution in [0, 0.1) is 23.7 Å². The molecule has 0 N–H and O–H groups in total. The second-order valence-corrected chi connectivity index (χ2v) is 6.48. The van der Waals surface area contributed by atoms with Crippen molar-refractivity contribution in [3.63, 3.8) is 0 Å². The highest BCUT2D eigenvalue weighted by atomic mass is 16.6. The minimum atomic E-state index is -0.515. The summed E-state index contributed by atoms with van der Waals surface area (Å²) in [6, 6.07) is 0. The molecule has 0 bridgehead atoms. The molecule has 1 heterocycles. The highest BCUT2D eigenvalue weighted by Crippen LogP contribution is 2.50. The number of ketones is 1. The van der Waals surface area contributed by atoms with E-state index in [1.54, 1.807) is 0 Å². The molecule has 5 nitrogen and oxygen atoms in total. The van der Waals surface area contributed by atoms with E-state index in [0.717, 1.165) is 6.42 Å². The Kier molecular flexibility index (Phi) is 3.38. The number of hydrogen-bond acceptors (Lipinski definition) is 5. The van der Waals surface area contributed by atoms with E-state index >= 15 is 0 Å². The summed E-state index contributed by atoms with van der Waals surface area (Å²) in [6.45, 7) is 7.25. The fourth-order valence-corrected chi connectivity index (χ4v) is 4.32. The number of ether oxygens (including phenoxy) is 2. The number of fused-ring (bicyclic) bond motifs is 3. The third kappa shape index (κ3) is 2.19. The first-order valence-corrected chi connectivity index (χ1v) is 7.50. The van der Waals surface area contributed by atoms with E-state index in [1.165, 1.54) is 6.92 Å². The lowest BCUT2D eigenvalue weighted by Crippen LogP contribution is -2.37. The van der Waals surface area contributed by atoms with Gasteiger partial charge in [-0.2, -0.15) is 0 Å². The van der Waals surface area contributed by atoms with Gasteiger partial charge < -0.3 is 9.47 Å². The molecule has 0 amide bonds. The lowest BCUT2D eigenvalue weighted by atomic mass is 9.81. The maximum absolute atomic E-state index is 12.3. The zero-order valence-electron chi connectivity index (χ0n) is 12.3. The molecule has 0 aromatic carbocycles. The van der Waals surface area contributed by atoms with E-state index in [9.17, 15) is 14.4 Å². The highest BCUT2D eigenvalue weighted by molar-refractivity contribution is 5.93. The predicted molar refractivity (Wildman–Crippen MR) is 73.1 cm³/mol. The fourth-order valence-electron chi connectivity index (χ4n) is 4.32. The van der Waals surface area contributed by atoms with Crippen molar-refractivity contribution < 1.29 is 23.9 Å². The average molecular weight is 292 g/mol. The molecular weight excluding hydrogens is 272 g/mol. The van der Waals surface area contributed by atoms with Gasteiger partial charge in [-0.15, -0.1) is 0 Å². The second-order valence-electron chi connectivity index (χ2n) is 6.48. The molecule has 0 aromatic heterocycles. The standard InChI is InChI=1S/C16H20O5/c1-7-6-12(20-9(3)17)13-8(2)16(19)21-15(13)14-10(7)4-5-11(14)18/h7,10,12-15H,2,4-6H2,1,3H3/t7-,10-,12-,13+,14-,15-/m0/s1. The first-order valence-electron chi connectivity index (χ1n) is 7.50. The molecule has 3 fully saturated rings. The molecule has 0 radical (unpaired) electrons. The van der Waals surface area contributed by atoms with Gasteiger partial charge in [0.2, 0.25) is 0 Å². The van der Waals surface area contributed by atoms with E-state index in [2.05, 4.69) is 13.5 Å². The zero-order chi connectivity index (χ0) is 15.3. The number of esters is 2. The lowest BCUT2D eigenvalue weighted by molar-refractivity contribution is -0.151. The number of hydrogen-bond donors (Lipinski definition) is 0. The van der Waals surface area contributed by atoms with Gasteiger partial charge in [0, 0.05) is 18.9 Å². The smallest absolute Gasteiger partial charge is 0.334 e. The van der Waals surface area contributed by atoms with Gasteiger partial charge >= 0.3 is 11.9 Å². The van der Waals surface area contributed by atoms with Gasteiger partial charge in [-0.05, 0) is 24.7 Å². The summed E-state index contributed by atoms with van der Waals surface area (Å²) in [4.78, 5) is 35.5. The largest absolute Gasteiger partial charge is 0.462 e. The third-order valence-electron chi connectivity index (χ3n) is 5.23. The van der Waals surface area contributed by atoms with Crippen LogP contribution in [-0.2, 0) is 23.9 Å². The predicted octanol–water partition coefficient (Wildman–Crippen LogP) is 1.65. The summed E-state index contributed by atoms with van der Waals surface area (Å²) in [5.74, 6) is -0.888. The van der Waals surface area contributed by atoms with Crippen molar-refractivity contribution in [3.05, 3.63) is 12.2 Å². The number of Topliss-reactive ketones (excluding diaryl/α,β-unsaturated/α-hetero) is 1. The van der Waals surface area contributed by atoms with Crippen molar-refractivity contribution in [2.24, 2.45) is 23.7 Å². The Balaban J connectivity index is 2.00. The fraction of sp³-hybridized carbons (Fsp3) is 0.688. The molecule has 2 aliphatic carbocycles. The molecule has 0 aromatic rings. The van der Waals surface area contributed by atoms with Gasteiger partial charge in [0.25, 0.3) is 0 Å². The van der Waals surface area contributed by atoms with E-state index in [0.29, 0.717) is 18.4 Å². The molecule has 2 saturated carbocycles. The van der Waals surface area contributed by atoms with E-state index < -0.39 is 18.2 Å². The molecule has 5 heteroatoms. The Bertz CT molecular complexity index is 523. The van der Waals surface area contributed by atoms with Gasteiger partial charge in [0.1, 0.15) is 18.0 Å². The number of rotatable bonds is 1. The van der Waals surface area contributed by atoms with Crippen LogP contribution >= 0.6 is 0 Å². The van der Waals surface area contributed by atoms with Crippen LogP contribution in [0.3, 0.4) is 0 Å². The minimum Gasteiger partial charge on any atom is -0.462 e. The summed E-state index contributed by atoms with van der Waals surface area (Å²) >= 11 is 0. The van der Waals surface area contributed by atoms with Gasteiger partial charge in [0.15, 0.2) is 0 Å².